The van der Waals surface area contributed by atoms with Gasteiger partial charge >= 0.3 is 0 Å². The fourth-order valence-electron chi connectivity index (χ4n) is 6.74. The zero-order valence-corrected chi connectivity index (χ0v) is 10.0. The molecule has 0 saturated heterocycles. The van der Waals surface area contributed by atoms with Gasteiger partial charge in [0.15, 0.2) is 0 Å². The van der Waals surface area contributed by atoms with Crippen LogP contribution >= 0.6 is 0 Å². The Morgan fingerprint density at radius 1 is 1.11 bits per heavy atom. The van der Waals surface area contributed by atoms with Crippen molar-refractivity contribution in [3.05, 3.63) is 10.1 Å². The molecule has 0 amide bonds. The Morgan fingerprint density at radius 2 is 1.74 bits per heavy atom. The van der Waals surface area contributed by atoms with Crippen molar-refractivity contribution >= 4 is 11.4 Å². The maximum absolute atomic E-state index is 11.8. The van der Waals surface area contributed by atoms with Gasteiger partial charge in [-0.1, -0.05) is 10.3 Å². The van der Waals surface area contributed by atoms with Crippen molar-refractivity contribution in [3.63, 3.8) is 0 Å². The molecule has 2 N–H and O–H groups in total. The van der Waals surface area contributed by atoms with Crippen molar-refractivity contribution in [2.75, 3.05) is 0 Å². The van der Waals surface area contributed by atoms with Crippen molar-refractivity contribution < 1.29 is 15.3 Å². The van der Waals surface area contributed by atoms with E-state index in [-0.39, 0.29) is 46.3 Å². The first-order valence-corrected chi connectivity index (χ1v) is 6.76. The van der Waals surface area contributed by atoms with Crippen LogP contribution in [0.15, 0.2) is 10.3 Å². The summed E-state index contributed by atoms with van der Waals surface area (Å²) in [6, 6.07) is 0. The first-order valence-electron chi connectivity index (χ1n) is 6.76. The van der Waals surface area contributed by atoms with Gasteiger partial charge in [-0.2, -0.15) is 0 Å². The molecule has 5 saturated carbocycles. The third kappa shape index (κ3) is 0.679. The van der Waals surface area contributed by atoms with Gasteiger partial charge < -0.3 is 10.4 Å². The second-order valence-corrected chi connectivity index (χ2v) is 6.67. The predicted octanol–water partition coefficient (Wildman–Crippen LogP) is 0.824. The molecular formula is C12H13N3O4. The lowest BCUT2D eigenvalue weighted by atomic mass is 9.54. The normalized spacial score (nSPS) is 63.1. The number of hydrogen-bond donors (Lipinski definition) is 2. The molecule has 5 rings (SSSR count). The van der Waals surface area contributed by atoms with Crippen LogP contribution in [0, 0.1) is 51.5 Å². The Kier molecular flexibility index (Phi) is 1.40. The Labute approximate surface area is 108 Å². The summed E-state index contributed by atoms with van der Waals surface area (Å²) in [6.07, 6.45) is 1.37. The van der Waals surface area contributed by atoms with E-state index in [1.54, 1.807) is 0 Å². The fourth-order valence-corrected chi connectivity index (χ4v) is 6.74. The van der Waals surface area contributed by atoms with E-state index in [1.807, 2.05) is 0 Å². The van der Waals surface area contributed by atoms with Gasteiger partial charge in [-0.25, -0.2) is 0 Å². The van der Waals surface area contributed by atoms with E-state index < -0.39 is 5.54 Å². The summed E-state index contributed by atoms with van der Waals surface area (Å²) in [6.45, 7) is 0. The standard InChI is InChI=1S/C12H13N3O4/c16-13-10-3-1-4-8-7(3)9-5(10)2-6(11(4)14-17)12(8,9)15(18)19/h3-9,16-17H,1-2H2/b13-10?,14-11+/t3-,4+,5+,6-,7-,8-,9-,12-/m1/s1. The predicted molar refractivity (Wildman–Crippen MR) is 61.8 cm³/mol. The summed E-state index contributed by atoms with van der Waals surface area (Å²) in [5.41, 5.74) is 0.504. The van der Waals surface area contributed by atoms with Crippen molar-refractivity contribution in [1.29, 1.82) is 0 Å². The molecule has 0 spiro atoms. The van der Waals surface area contributed by atoms with Gasteiger partial charge in [0.1, 0.15) is 0 Å². The third-order valence-corrected chi connectivity index (χ3v) is 6.83. The van der Waals surface area contributed by atoms with Crippen molar-refractivity contribution in [3.8, 4) is 0 Å². The lowest BCUT2D eigenvalue weighted by molar-refractivity contribution is -0.616. The monoisotopic (exact) mass is 263 g/mol. The average molecular weight is 263 g/mol. The number of oxime groups is 2. The minimum Gasteiger partial charge on any atom is -0.411 e. The van der Waals surface area contributed by atoms with Crippen molar-refractivity contribution in [2.24, 2.45) is 51.7 Å². The first-order chi connectivity index (χ1) is 9.17. The molecule has 0 aromatic heterocycles. The molecule has 0 bridgehead atoms. The Balaban J connectivity index is 1.80. The minimum absolute atomic E-state index is 0.00218. The second-order valence-electron chi connectivity index (χ2n) is 6.67. The first kappa shape index (κ1) is 10.2. The van der Waals surface area contributed by atoms with Crippen LogP contribution in [-0.4, -0.2) is 32.3 Å². The van der Waals surface area contributed by atoms with Crippen molar-refractivity contribution in [2.45, 2.75) is 18.4 Å². The average Bonchev–Trinajstić information content (AvgIpc) is 2.89. The Bertz CT molecular complexity index is 576. The highest BCUT2D eigenvalue weighted by molar-refractivity contribution is 6.02. The fraction of sp³-hybridized carbons (Fsp3) is 0.833. The van der Waals surface area contributed by atoms with E-state index >= 15 is 0 Å². The molecule has 5 fully saturated rings. The molecule has 100 valence electrons. The Hall–Kier alpha value is -1.66. The zero-order chi connectivity index (χ0) is 13.1. The summed E-state index contributed by atoms with van der Waals surface area (Å²) in [7, 11) is 0. The van der Waals surface area contributed by atoms with E-state index in [0.717, 1.165) is 12.1 Å². The molecule has 0 heterocycles. The molecule has 7 heteroatoms. The van der Waals surface area contributed by atoms with Crippen LogP contribution in [0.3, 0.4) is 0 Å². The highest BCUT2D eigenvalue weighted by Gasteiger charge is 2.92. The van der Waals surface area contributed by atoms with Crippen LogP contribution in [0.5, 0.6) is 0 Å². The van der Waals surface area contributed by atoms with Crippen molar-refractivity contribution in [1.82, 2.24) is 0 Å². The van der Waals surface area contributed by atoms with Gasteiger partial charge in [-0.3, -0.25) is 10.1 Å². The number of rotatable bonds is 1. The lowest BCUT2D eigenvalue weighted by Crippen LogP contribution is -2.64. The molecule has 8 atom stereocenters. The molecule has 0 aromatic carbocycles. The molecular weight excluding hydrogens is 250 g/mol. The summed E-state index contributed by atoms with van der Waals surface area (Å²) in [5.74, 6) is 0.216. The number of hydrogen-bond acceptors (Lipinski definition) is 6. The molecule has 5 aliphatic rings. The van der Waals surface area contributed by atoms with Gasteiger partial charge in [0.25, 0.3) is 0 Å². The van der Waals surface area contributed by atoms with E-state index in [1.165, 1.54) is 0 Å². The van der Waals surface area contributed by atoms with Crippen LogP contribution < -0.4 is 0 Å². The quantitative estimate of drug-likeness (QED) is 0.414. The smallest absolute Gasteiger partial charge is 0.237 e. The molecule has 0 aliphatic heterocycles. The largest absolute Gasteiger partial charge is 0.411 e. The summed E-state index contributed by atoms with van der Waals surface area (Å²) >= 11 is 0. The zero-order valence-electron chi connectivity index (χ0n) is 10.0. The SMILES string of the molecule is O=[N+]([O-])[C@@]12[C@H]3[C@H]4[C@H]1[C@@H]1C[C@H]4C(=NO)[C@H]3C[C@@H]2/C1=N/O. The van der Waals surface area contributed by atoms with Crippen LogP contribution in [0.2, 0.25) is 0 Å². The number of nitrogens with zero attached hydrogens (tertiary/aromatic N) is 3. The molecule has 0 unspecified atom stereocenters. The van der Waals surface area contributed by atoms with Gasteiger partial charge in [0, 0.05) is 34.5 Å². The Morgan fingerprint density at radius 3 is 2.32 bits per heavy atom. The highest BCUT2D eigenvalue weighted by atomic mass is 16.6. The molecule has 19 heavy (non-hydrogen) atoms. The summed E-state index contributed by atoms with van der Waals surface area (Å²) in [4.78, 5) is 11.6. The third-order valence-electron chi connectivity index (χ3n) is 6.83. The van der Waals surface area contributed by atoms with Gasteiger partial charge in [0.2, 0.25) is 5.54 Å². The van der Waals surface area contributed by atoms with Gasteiger partial charge in [-0.15, -0.1) is 0 Å². The van der Waals surface area contributed by atoms with Crippen LogP contribution in [0.4, 0.5) is 0 Å². The summed E-state index contributed by atoms with van der Waals surface area (Å²) < 4.78 is 0. The maximum atomic E-state index is 11.8. The van der Waals surface area contributed by atoms with Crippen LogP contribution in [0.1, 0.15) is 12.8 Å². The van der Waals surface area contributed by atoms with Gasteiger partial charge in [-0.05, 0) is 18.8 Å². The molecule has 0 aromatic rings. The summed E-state index contributed by atoms with van der Waals surface area (Å²) in [5, 5.41) is 37.2. The minimum atomic E-state index is -0.928. The van der Waals surface area contributed by atoms with E-state index in [4.69, 9.17) is 0 Å². The second kappa shape index (κ2) is 2.62. The van der Waals surface area contributed by atoms with Crippen LogP contribution in [0.25, 0.3) is 0 Å². The van der Waals surface area contributed by atoms with E-state index in [9.17, 15) is 20.5 Å². The highest BCUT2D eigenvalue weighted by Crippen LogP contribution is 2.80. The molecule has 0 radical (unpaired) electrons. The van der Waals surface area contributed by atoms with E-state index in [2.05, 4.69) is 10.3 Å². The lowest BCUT2D eigenvalue weighted by Gasteiger charge is -2.47. The van der Waals surface area contributed by atoms with E-state index in [0.29, 0.717) is 12.1 Å². The topological polar surface area (TPSA) is 108 Å². The molecule has 7 nitrogen and oxygen atoms in total. The van der Waals surface area contributed by atoms with Gasteiger partial charge in [0.05, 0.1) is 17.3 Å². The molecule has 5 aliphatic carbocycles. The maximum Gasteiger partial charge on any atom is 0.237 e. The van der Waals surface area contributed by atoms with Crippen LogP contribution in [-0.2, 0) is 0 Å². The number of nitro groups is 1.